The largest absolute Gasteiger partial charge is 0.494 e. The predicted molar refractivity (Wildman–Crippen MR) is 138 cm³/mol. The fourth-order valence-corrected chi connectivity index (χ4v) is 4.41. The van der Waals surface area contributed by atoms with Gasteiger partial charge in [0.2, 0.25) is 0 Å². The summed E-state index contributed by atoms with van der Waals surface area (Å²) in [5.41, 5.74) is 4.92. The molecule has 0 amide bonds. The SMILES string of the molecule is CC1(C)OB(c2ccc3nc4c(cc3c2)c(-c2ccccc2)nn4-c2ccccc2)OC1(C)C. The topological polar surface area (TPSA) is 49.2 Å². The molecule has 1 fully saturated rings. The van der Waals surface area contributed by atoms with Crippen LogP contribution in [0.25, 0.3) is 38.9 Å². The van der Waals surface area contributed by atoms with Gasteiger partial charge in [-0.05, 0) is 57.4 Å². The quantitative estimate of drug-likeness (QED) is 0.341. The predicted octanol–water partition coefficient (Wildman–Crippen LogP) is 5.54. The lowest BCUT2D eigenvalue weighted by Gasteiger charge is -2.32. The number of para-hydroxylation sites is 1. The highest BCUT2D eigenvalue weighted by Crippen LogP contribution is 2.37. The molecule has 168 valence electrons. The maximum Gasteiger partial charge on any atom is 0.494 e. The summed E-state index contributed by atoms with van der Waals surface area (Å²) in [6.45, 7) is 8.29. The summed E-state index contributed by atoms with van der Waals surface area (Å²) in [4.78, 5) is 5.04. The van der Waals surface area contributed by atoms with Gasteiger partial charge in [-0.15, -0.1) is 0 Å². The lowest BCUT2D eigenvalue weighted by molar-refractivity contribution is 0.00578. The number of pyridine rings is 1. The number of nitrogens with zero attached hydrogens (tertiary/aromatic N) is 3. The van der Waals surface area contributed by atoms with Crippen molar-refractivity contribution < 1.29 is 9.31 Å². The van der Waals surface area contributed by atoms with Gasteiger partial charge in [0, 0.05) is 16.3 Å². The molecule has 1 saturated heterocycles. The lowest BCUT2D eigenvalue weighted by atomic mass is 9.78. The Labute approximate surface area is 199 Å². The van der Waals surface area contributed by atoms with Crippen molar-refractivity contribution in [3.05, 3.63) is 84.9 Å². The molecule has 34 heavy (non-hydrogen) atoms. The van der Waals surface area contributed by atoms with Gasteiger partial charge in [-0.1, -0.05) is 60.7 Å². The van der Waals surface area contributed by atoms with Crippen LogP contribution in [0.3, 0.4) is 0 Å². The molecule has 0 atom stereocenters. The van der Waals surface area contributed by atoms with Gasteiger partial charge in [0.05, 0.1) is 22.4 Å². The van der Waals surface area contributed by atoms with Gasteiger partial charge in [-0.25, -0.2) is 9.67 Å². The molecule has 6 heteroatoms. The van der Waals surface area contributed by atoms with E-state index in [1.54, 1.807) is 0 Å². The first-order valence-corrected chi connectivity index (χ1v) is 11.6. The van der Waals surface area contributed by atoms with Crippen LogP contribution in [0, 0.1) is 0 Å². The number of aromatic nitrogens is 3. The maximum atomic E-state index is 6.28. The molecule has 0 radical (unpaired) electrons. The highest BCUT2D eigenvalue weighted by Gasteiger charge is 2.51. The van der Waals surface area contributed by atoms with E-state index in [0.717, 1.165) is 44.3 Å². The number of hydrogen-bond acceptors (Lipinski definition) is 4. The fraction of sp³-hybridized carbons (Fsp3) is 0.214. The molecule has 1 aliphatic heterocycles. The summed E-state index contributed by atoms with van der Waals surface area (Å²) >= 11 is 0. The minimum atomic E-state index is -0.411. The Bertz CT molecular complexity index is 1500. The maximum absolute atomic E-state index is 6.28. The highest BCUT2D eigenvalue weighted by molar-refractivity contribution is 6.62. The Balaban J connectivity index is 1.54. The van der Waals surface area contributed by atoms with E-state index in [1.165, 1.54) is 0 Å². The number of benzene rings is 3. The molecule has 2 aromatic heterocycles. The van der Waals surface area contributed by atoms with Gasteiger partial charge in [0.1, 0.15) is 5.69 Å². The van der Waals surface area contributed by atoms with Crippen LogP contribution in [0.1, 0.15) is 27.7 Å². The van der Waals surface area contributed by atoms with Gasteiger partial charge < -0.3 is 9.31 Å². The first-order valence-electron chi connectivity index (χ1n) is 11.6. The van der Waals surface area contributed by atoms with E-state index in [-0.39, 0.29) is 11.2 Å². The zero-order valence-corrected chi connectivity index (χ0v) is 19.8. The normalized spacial score (nSPS) is 17.0. The van der Waals surface area contributed by atoms with E-state index < -0.39 is 7.12 Å². The molecule has 3 aromatic carbocycles. The van der Waals surface area contributed by atoms with Crippen LogP contribution < -0.4 is 5.46 Å². The highest BCUT2D eigenvalue weighted by atomic mass is 16.7. The Morgan fingerprint density at radius 2 is 1.41 bits per heavy atom. The molecule has 0 unspecified atom stereocenters. The van der Waals surface area contributed by atoms with Crippen LogP contribution in [-0.4, -0.2) is 33.1 Å². The third-order valence-electron chi connectivity index (χ3n) is 7.05. The molecule has 3 heterocycles. The van der Waals surface area contributed by atoms with Crippen molar-refractivity contribution in [1.29, 1.82) is 0 Å². The number of rotatable bonds is 3. The average molecular weight is 447 g/mol. The Hall–Kier alpha value is -3.48. The van der Waals surface area contributed by atoms with Crippen molar-refractivity contribution in [3.8, 4) is 16.9 Å². The molecule has 0 bridgehead atoms. The Morgan fingerprint density at radius 3 is 2.09 bits per heavy atom. The molecular formula is C28H26BN3O2. The van der Waals surface area contributed by atoms with Crippen molar-refractivity contribution in [2.75, 3.05) is 0 Å². The molecule has 6 rings (SSSR count). The van der Waals surface area contributed by atoms with Gasteiger partial charge in [-0.2, -0.15) is 5.10 Å². The summed E-state index contributed by atoms with van der Waals surface area (Å²) in [5, 5.41) is 7.04. The molecular weight excluding hydrogens is 421 g/mol. The Kier molecular flexibility index (Phi) is 4.66. The monoisotopic (exact) mass is 447 g/mol. The van der Waals surface area contributed by atoms with Crippen molar-refractivity contribution in [2.45, 2.75) is 38.9 Å². The second-order valence-corrected chi connectivity index (χ2v) is 9.86. The van der Waals surface area contributed by atoms with Gasteiger partial charge >= 0.3 is 7.12 Å². The molecule has 5 nitrogen and oxygen atoms in total. The van der Waals surface area contributed by atoms with Gasteiger partial charge in [-0.3, -0.25) is 0 Å². The summed E-state index contributed by atoms with van der Waals surface area (Å²) in [6.07, 6.45) is 0. The van der Waals surface area contributed by atoms with Gasteiger partial charge in [0.15, 0.2) is 5.65 Å². The van der Waals surface area contributed by atoms with E-state index in [4.69, 9.17) is 19.4 Å². The van der Waals surface area contributed by atoms with E-state index in [9.17, 15) is 0 Å². The minimum Gasteiger partial charge on any atom is -0.399 e. The van der Waals surface area contributed by atoms with Crippen LogP contribution in [0.4, 0.5) is 0 Å². The smallest absolute Gasteiger partial charge is 0.399 e. The van der Waals surface area contributed by atoms with E-state index in [2.05, 4.69) is 64.1 Å². The standard InChI is InChI=1S/C28H26BN3O2/c1-27(2)28(3,4)34-29(33-27)21-15-16-24-20(17-21)18-23-25(19-11-7-5-8-12-19)31-32(26(23)30-24)22-13-9-6-10-14-22/h5-18H,1-4H3. The van der Waals surface area contributed by atoms with Crippen molar-refractivity contribution >= 4 is 34.5 Å². The molecule has 0 saturated carbocycles. The second kappa shape index (κ2) is 7.52. The van der Waals surface area contributed by atoms with Crippen LogP contribution in [-0.2, 0) is 9.31 Å². The minimum absolute atomic E-state index is 0.383. The zero-order valence-electron chi connectivity index (χ0n) is 19.8. The summed E-state index contributed by atoms with van der Waals surface area (Å²) < 4.78 is 14.5. The number of hydrogen-bond donors (Lipinski definition) is 0. The van der Waals surface area contributed by atoms with Crippen molar-refractivity contribution in [3.63, 3.8) is 0 Å². The number of fused-ring (bicyclic) bond motifs is 2. The molecule has 0 aliphatic carbocycles. The van der Waals surface area contributed by atoms with Crippen molar-refractivity contribution in [1.82, 2.24) is 14.8 Å². The molecule has 0 N–H and O–H groups in total. The molecule has 1 aliphatic rings. The van der Waals surface area contributed by atoms with Crippen LogP contribution in [0.5, 0.6) is 0 Å². The van der Waals surface area contributed by atoms with Crippen molar-refractivity contribution in [2.24, 2.45) is 0 Å². The second-order valence-electron chi connectivity index (χ2n) is 9.86. The first-order chi connectivity index (χ1) is 16.3. The van der Waals surface area contributed by atoms with E-state index in [0.29, 0.717) is 0 Å². The van der Waals surface area contributed by atoms with E-state index in [1.807, 2.05) is 53.2 Å². The fourth-order valence-electron chi connectivity index (χ4n) is 4.41. The van der Waals surface area contributed by atoms with Crippen LogP contribution in [0.15, 0.2) is 84.9 Å². The molecule has 5 aromatic rings. The van der Waals surface area contributed by atoms with Gasteiger partial charge in [0.25, 0.3) is 0 Å². The van der Waals surface area contributed by atoms with Crippen LogP contribution in [0.2, 0.25) is 0 Å². The third-order valence-corrected chi connectivity index (χ3v) is 7.05. The van der Waals surface area contributed by atoms with Crippen LogP contribution >= 0.6 is 0 Å². The Morgan fingerprint density at radius 1 is 0.765 bits per heavy atom. The summed E-state index contributed by atoms with van der Waals surface area (Å²) in [7, 11) is -0.411. The van der Waals surface area contributed by atoms with E-state index >= 15 is 0 Å². The molecule has 0 spiro atoms. The zero-order chi connectivity index (χ0) is 23.5. The lowest BCUT2D eigenvalue weighted by Crippen LogP contribution is -2.41. The average Bonchev–Trinajstić information content (AvgIpc) is 3.31. The third kappa shape index (κ3) is 3.33. The summed E-state index contributed by atoms with van der Waals surface area (Å²) in [5.74, 6) is 0. The summed E-state index contributed by atoms with van der Waals surface area (Å²) in [6, 6.07) is 28.8. The first kappa shape index (κ1) is 21.1.